The molecule has 2 heterocycles. The first-order valence-electron chi connectivity index (χ1n) is 11.2. The van der Waals surface area contributed by atoms with Crippen molar-refractivity contribution in [1.82, 2.24) is 19.7 Å². The maximum Gasteiger partial charge on any atom is 0.309 e. The lowest BCUT2D eigenvalue weighted by atomic mass is 9.97. The molecule has 1 aromatic carbocycles. The van der Waals surface area contributed by atoms with Crippen LogP contribution in [-0.4, -0.2) is 56.5 Å². The Bertz CT molecular complexity index is 905. The third kappa shape index (κ3) is 5.29. The number of ether oxygens (including phenoxy) is 1. The number of aromatic nitrogens is 3. The van der Waals surface area contributed by atoms with Crippen LogP contribution in [0, 0.1) is 5.92 Å². The van der Waals surface area contributed by atoms with Crippen molar-refractivity contribution in [3.05, 3.63) is 41.7 Å². The molecule has 31 heavy (non-hydrogen) atoms. The third-order valence-electron chi connectivity index (χ3n) is 5.93. The minimum absolute atomic E-state index is 0.0922. The Balaban J connectivity index is 1.40. The van der Waals surface area contributed by atoms with E-state index >= 15 is 0 Å². The summed E-state index contributed by atoms with van der Waals surface area (Å²) in [6, 6.07) is 10.3. The molecule has 1 aliphatic heterocycles. The normalized spacial score (nSPS) is 18.1. The van der Waals surface area contributed by atoms with Crippen LogP contribution >= 0.6 is 11.8 Å². The zero-order valence-electron chi connectivity index (χ0n) is 18.2. The zero-order chi connectivity index (χ0) is 21.8. The molecule has 166 valence electrons. The van der Waals surface area contributed by atoms with Gasteiger partial charge in [-0.25, -0.2) is 0 Å². The van der Waals surface area contributed by atoms with E-state index in [-0.39, 0.29) is 23.0 Å². The minimum Gasteiger partial charge on any atom is -0.466 e. The Hall–Kier alpha value is -2.35. The molecule has 1 atom stereocenters. The highest BCUT2D eigenvalue weighted by molar-refractivity contribution is 8.00. The summed E-state index contributed by atoms with van der Waals surface area (Å²) >= 11 is 1.48. The van der Waals surface area contributed by atoms with E-state index in [1.165, 1.54) is 17.3 Å². The van der Waals surface area contributed by atoms with E-state index in [2.05, 4.69) is 26.9 Å². The molecule has 1 aromatic heterocycles. The van der Waals surface area contributed by atoms with E-state index in [0.29, 0.717) is 45.0 Å². The topological polar surface area (TPSA) is 77.3 Å². The van der Waals surface area contributed by atoms with Crippen LogP contribution in [0.2, 0.25) is 0 Å². The Kier molecular flexibility index (Phi) is 6.95. The number of thioether (sulfide) groups is 1. The highest BCUT2D eigenvalue weighted by Gasteiger charge is 2.33. The van der Waals surface area contributed by atoms with Gasteiger partial charge in [0.15, 0.2) is 5.16 Å². The van der Waals surface area contributed by atoms with Gasteiger partial charge in [0.05, 0.1) is 24.3 Å². The molecule has 0 spiro atoms. The molecule has 4 rings (SSSR count). The van der Waals surface area contributed by atoms with E-state index in [1.807, 2.05) is 36.9 Å². The fourth-order valence-corrected chi connectivity index (χ4v) is 4.95. The van der Waals surface area contributed by atoms with Crippen molar-refractivity contribution in [2.75, 3.05) is 19.7 Å². The van der Waals surface area contributed by atoms with Gasteiger partial charge in [-0.15, -0.1) is 10.2 Å². The Morgan fingerprint density at radius 2 is 1.84 bits per heavy atom. The predicted molar refractivity (Wildman–Crippen MR) is 119 cm³/mol. The number of rotatable bonds is 8. The SMILES string of the molecule is CCOC(=O)C1CCN(C(=O)C(C)Sc2nnc(C3CC3)n2Cc2ccccc2)CC1. The summed E-state index contributed by atoms with van der Waals surface area (Å²) in [4.78, 5) is 26.9. The average Bonchev–Trinajstić information content (AvgIpc) is 3.57. The average molecular weight is 443 g/mol. The number of carbonyl (C=O) groups is 2. The van der Waals surface area contributed by atoms with Crippen molar-refractivity contribution in [2.24, 2.45) is 5.92 Å². The van der Waals surface area contributed by atoms with Crippen molar-refractivity contribution in [3.8, 4) is 0 Å². The Morgan fingerprint density at radius 1 is 1.13 bits per heavy atom. The van der Waals surface area contributed by atoms with Crippen LogP contribution in [0.4, 0.5) is 0 Å². The van der Waals surface area contributed by atoms with Gasteiger partial charge in [-0.2, -0.15) is 0 Å². The largest absolute Gasteiger partial charge is 0.466 e. The van der Waals surface area contributed by atoms with E-state index < -0.39 is 0 Å². The van der Waals surface area contributed by atoms with E-state index in [1.54, 1.807) is 0 Å². The summed E-state index contributed by atoms with van der Waals surface area (Å²) in [5.41, 5.74) is 1.20. The summed E-state index contributed by atoms with van der Waals surface area (Å²) < 4.78 is 7.30. The number of esters is 1. The van der Waals surface area contributed by atoms with Gasteiger partial charge in [-0.3, -0.25) is 9.59 Å². The van der Waals surface area contributed by atoms with Crippen LogP contribution in [-0.2, 0) is 20.9 Å². The Labute approximate surface area is 187 Å². The smallest absolute Gasteiger partial charge is 0.309 e. The van der Waals surface area contributed by atoms with Gasteiger partial charge in [0, 0.05) is 19.0 Å². The molecule has 1 saturated heterocycles. The van der Waals surface area contributed by atoms with Gasteiger partial charge in [-0.1, -0.05) is 42.1 Å². The molecule has 1 aliphatic carbocycles. The van der Waals surface area contributed by atoms with Gasteiger partial charge in [0.2, 0.25) is 5.91 Å². The highest BCUT2D eigenvalue weighted by Crippen LogP contribution is 2.40. The second-order valence-corrected chi connectivity index (χ2v) is 9.61. The lowest BCUT2D eigenvalue weighted by molar-refractivity contribution is -0.151. The molecule has 1 unspecified atom stereocenters. The fourth-order valence-electron chi connectivity index (χ4n) is 4.01. The first-order chi connectivity index (χ1) is 15.1. The van der Waals surface area contributed by atoms with Gasteiger partial charge in [0.1, 0.15) is 5.82 Å². The third-order valence-corrected chi connectivity index (χ3v) is 7.00. The van der Waals surface area contributed by atoms with Crippen molar-refractivity contribution in [2.45, 2.75) is 62.4 Å². The molecule has 2 aromatic rings. The Morgan fingerprint density at radius 3 is 2.48 bits per heavy atom. The first kappa shape index (κ1) is 21.9. The summed E-state index contributed by atoms with van der Waals surface area (Å²) in [7, 11) is 0. The molecule has 7 nitrogen and oxygen atoms in total. The van der Waals surface area contributed by atoms with Crippen LogP contribution in [0.1, 0.15) is 56.8 Å². The number of hydrogen-bond donors (Lipinski definition) is 0. The monoisotopic (exact) mass is 442 g/mol. The standard InChI is InChI=1S/C23H30N4O3S/c1-3-30-22(29)19-11-13-26(14-12-19)21(28)16(2)31-23-25-24-20(18-9-10-18)27(23)15-17-7-5-4-6-8-17/h4-8,16,18-19H,3,9-15H2,1-2H3. The van der Waals surface area contributed by atoms with E-state index in [9.17, 15) is 9.59 Å². The molecule has 0 radical (unpaired) electrons. The van der Waals surface area contributed by atoms with Crippen molar-refractivity contribution in [1.29, 1.82) is 0 Å². The van der Waals surface area contributed by atoms with Crippen LogP contribution < -0.4 is 0 Å². The minimum atomic E-state index is -0.259. The van der Waals surface area contributed by atoms with Crippen molar-refractivity contribution >= 4 is 23.6 Å². The zero-order valence-corrected chi connectivity index (χ0v) is 19.0. The molecule has 0 N–H and O–H groups in total. The first-order valence-corrected chi connectivity index (χ1v) is 12.0. The second-order valence-electron chi connectivity index (χ2n) is 8.30. The quantitative estimate of drug-likeness (QED) is 0.460. The maximum atomic E-state index is 13.1. The predicted octanol–water partition coefficient (Wildman–Crippen LogP) is 3.49. The summed E-state index contributed by atoms with van der Waals surface area (Å²) in [5, 5.41) is 9.44. The molecule has 0 bridgehead atoms. The molecule has 2 aliphatic rings. The molecule has 2 fully saturated rings. The molecule has 1 saturated carbocycles. The van der Waals surface area contributed by atoms with Crippen LogP contribution in [0.15, 0.2) is 35.5 Å². The van der Waals surface area contributed by atoms with Gasteiger partial charge in [0.25, 0.3) is 0 Å². The number of piperidine rings is 1. The van der Waals surface area contributed by atoms with E-state index in [0.717, 1.165) is 23.8 Å². The summed E-state index contributed by atoms with van der Waals surface area (Å²) in [6.45, 7) is 6.06. The number of carbonyl (C=O) groups excluding carboxylic acids is 2. The summed E-state index contributed by atoms with van der Waals surface area (Å²) in [6.07, 6.45) is 3.64. The molecular formula is C23H30N4O3S. The lowest BCUT2D eigenvalue weighted by Crippen LogP contribution is -2.43. The van der Waals surface area contributed by atoms with Crippen LogP contribution in [0.25, 0.3) is 0 Å². The molecule has 8 heteroatoms. The number of likely N-dealkylation sites (tertiary alicyclic amines) is 1. The van der Waals surface area contributed by atoms with Crippen molar-refractivity contribution in [3.63, 3.8) is 0 Å². The maximum absolute atomic E-state index is 13.1. The fraction of sp³-hybridized carbons (Fsp3) is 0.565. The number of nitrogens with zero attached hydrogens (tertiary/aromatic N) is 4. The lowest BCUT2D eigenvalue weighted by Gasteiger charge is -2.32. The summed E-state index contributed by atoms with van der Waals surface area (Å²) in [5.74, 6) is 1.37. The van der Waals surface area contributed by atoms with Gasteiger partial charge < -0.3 is 14.2 Å². The van der Waals surface area contributed by atoms with Gasteiger partial charge in [-0.05, 0) is 45.1 Å². The second kappa shape index (κ2) is 9.85. The highest BCUT2D eigenvalue weighted by atomic mass is 32.2. The number of amides is 1. The number of benzene rings is 1. The van der Waals surface area contributed by atoms with Crippen molar-refractivity contribution < 1.29 is 14.3 Å². The molecule has 1 amide bonds. The van der Waals surface area contributed by atoms with Crippen LogP contribution in [0.3, 0.4) is 0 Å². The number of hydrogen-bond acceptors (Lipinski definition) is 6. The van der Waals surface area contributed by atoms with Gasteiger partial charge >= 0.3 is 5.97 Å². The van der Waals surface area contributed by atoms with Crippen LogP contribution in [0.5, 0.6) is 0 Å². The molecular weight excluding hydrogens is 412 g/mol. The van der Waals surface area contributed by atoms with E-state index in [4.69, 9.17) is 4.74 Å².